The largest absolute Gasteiger partial charge is 0.353 e. The van der Waals surface area contributed by atoms with Crippen molar-refractivity contribution in [1.82, 2.24) is 15.1 Å². The van der Waals surface area contributed by atoms with Crippen LogP contribution in [0, 0.1) is 11.8 Å². The SMILES string of the molecule is CC(C)CN1CCNC(=O)C1CC(=O)N(Cc1ccccc1)CC1CC1. The van der Waals surface area contributed by atoms with E-state index in [1.165, 1.54) is 12.8 Å². The van der Waals surface area contributed by atoms with Gasteiger partial charge in [-0.05, 0) is 30.2 Å². The minimum atomic E-state index is -0.337. The normalized spacial score (nSPS) is 20.9. The number of hydrogen-bond donors (Lipinski definition) is 1. The topological polar surface area (TPSA) is 52.7 Å². The lowest BCUT2D eigenvalue weighted by Gasteiger charge is -2.36. The fourth-order valence-corrected chi connectivity index (χ4v) is 3.64. The molecule has 26 heavy (non-hydrogen) atoms. The molecule has 1 aromatic carbocycles. The highest BCUT2D eigenvalue weighted by Crippen LogP contribution is 2.30. The molecule has 1 N–H and O–H groups in total. The van der Waals surface area contributed by atoms with Gasteiger partial charge in [0.2, 0.25) is 11.8 Å². The Morgan fingerprint density at radius 1 is 1.27 bits per heavy atom. The van der Waals surface area contributed by atoms with Crippen LogP contribution >= 0.6 is 0 Å². The smallest absolute Gasteiger partial charge is 0.237 e. The lowest BCUT2D eigenvalue weighted by molar-refractivity contribution is -0.139. The van der Waals surface area contributed by atoms with Gasteiger partial charge in [0.15, 0.2) is 0 Å². The molecule has 1 unspecified atom stereocenters. The second-order valence-corrected chi connectivity index (χ2v) is 8.10. The quantitative estimate of drug-likeness (QED) is 0.776. The second kappa shape index (κ2) is 8.67. The molecule has 1 saturated carbocycles. The van der Waals surface area contributed by atoms with Crippen molar-refractivity contribution >= 4 is 11.8 Å². The number of carbonyl (C=O) groups excluding carboxylic acids is 2. The first-order valence-electron chi connectivity index (χ1n) is 9.86. The predicted molar refractivity (Wildman–Crippen MR) is 102 cm³/mol. The Hall–Kier alpha value is -1.88. The number of nitrogens with zero attached hydrogens (tertiary/aromatic N) is 2. The van der Waals surface area contributed by atoms with Gasteiger partial charge in [-0.1, -0.05) is 44.2 Å². The number of carbonyl (C=O) groups is 2. The van der Waals surface area contributed by atoms with E-state index in [2.05, 4.69) is 36.2 Å². The number of amides is 2. The van der Waals surface area contributed by atoms with Crippen molar-refractivity contribution in [1.29, 1.82) is 0 Å². The lowest BCUT2D eigenvalue weighted by atomic mass is 10.0. The molecule has 1 aromatic rings. The minimum absolute atomic E-state index is 0.00340. The van der Waals surface area contributed by atoms with E-state index in [9.17, 15) is 9.59 Å². The Morgan fingerprint density at radius 3 is 2.65 bits per heavy atom. The average molecular weight is 357 g/mol. The first kappa shape index (κ1) is 18.9. The van der Waals surface area contributed by atoms with Crippen LogP contribution in [0.2, 0.25) is 0 Å². The third-order valence-electron chi connectivity index (χ3n) is 5.15. The van der Waals surface area contributed by atoms with Crippen LogP contribution in [0.3, 0.4) is 0 Å². The van der Waals surface area contributed by atoms with Gasteiger partial charge in [-0.15, -0.1) is 0 Å². The molecule has 1 aliphatic heterocycles. The molecule has 1 atom stereocenters. The van der Waals surface area contributed by atoms with Gasteiger partial charge in [0.05, 0.1) is 12.5 Å². The number of benzene rings is 1. The van der Waals surface area contributed by atoms with Gasteiger partial charge >= 0.3 is 0 Å². The van der Waals surface area contributed by atoms with Gasteiger partial charge < -0.3 is 10.2 Å². The highest BCUT2D eigenvalue weighted by atomic mass is 16.2. The molecule has 0 spiro atoms. The van der Waals surface area contributed by atoms with E-state index < -0.39 is 0 Å². The summed E-state index contributed by atoms with van der Waals surface area (Å²) in [5.41, 5.74) is 1.15. The van der Waals surface area contributed by atoms with Crippen LogP contribution in [0.5, 0.6) is 0 Å². The number of nitrogens with one attached hydrogen (secondary N) is 1. The number of piperazine rings is 1. The van der Waals surface area contributed by atoms with Crippen molar-refractivity contribution in [3.05, 3.63) is 35.9 Å². The zero-order valence-corrected chi connectivity index (χ0v) is 16.0. The van der Waals surface area contributed by atoms with Crippen LogP contribution in [-0.4, -0.2) is 53.8 Å². The van der Waals surface area contributed by atoms with E-state index in [1.54, 1.807) is 0 Å². The molecule has 5 nitrogen and oxygen atoms in total. The van der Waals surface area contributed by atoms with Gasteiger partial charge in [0, 0.05) is 32.7 Å². The van der Waals surface area contributed by atoms with Crippen LogP contribution in [-0.2, 0) is 16.1 Å². The summed E-state index contributed by atoms with van der Waals surface area (Å²) in [4.78, 5) is 29.6. The van der Waals surface area contributed by atoms with Crippen LogP contribution in [0.1, 0.15) is 38.7 Å². The van der Waals surface area contributed by atoms with Crippen molar-refractivity contribution in [2.45, 2.75) is 45.7 Å². The molecule has 1 aliphatic carbocycles. The van der Waals surface area contributed by atoms with Crippen molar-refractivity contribution < 1.29 is 9.59 Å². The van der Waals surface area contributed by atoms with E-state index in [-0.39, 0.29) is 24.3 Å². The molecule has 2 amide bonds. The van der Waals surface area contributed by atoms with Gasteiger partial charge in [-0.2, -0.15) is 0 Å². The molecule has 1 heterocycles. The van der Waals surface area contributed by atoms with Crippen molar-refractivity contribution in [3.8, 4) is 0 Å². The highest BCUT2D eigenvalue weighted by Gasteiger charge is 2.34. The maximum Gasteiger partial charge on any atom is 0.237 e. The monoisotopic (exact) mass is 357 g/mol. The van der Waals surface area contributed by atoms with Crippen LogP contribution < -0.4 is 5.32 Å². The van der Waals surface area contributed by atoms with Crippen LogP contribution in [0.4, 0.5) is 0 Å². The summed E-state index contributed by atoms with van der Waals surface area (Å²) in [5, 5.41) is 2.93. The highest BCUT2D eigenvalue weighted by molar-refractivity contribution is 5.88. The van der Waals surface area contributed by atoms with Crippen molar-refractivity contribution in [2.75, 3.05) is 26.2 Å². The molecule has 0 bridgehead atoms. The molecule has 0 aromatic heterocycles. The third kappa shape index (κ3) is 5.31. The first-order chi connectivity index (χ1) is 12.5. The molecule has 2 aliphatic rings. The molecule has 0 radical (unpaired) electrons. The van der Waals surface area contributed by atoms with Gasteiger partial charge in [0.1, 0.15) is 0 Å². The van der Waals surface area contributed by atoms with Crippen LogP contribution in [0.15, 0.2) is 30.3 Å². The summed E-state index contributed by atoms with van der Waals surface area (Å²) in [6.45, 7) is 8.10. The third-order valence-corrected chi connectivity index (χ3v) is 5.15. The maximum absolute atomic E-state index is 13.1. The Morgan fingerprint density at radius 2 is 2.00 bits per heavy atom. The van der Waals surface area contributed by atoms with E-state index in [1.807, 2.05) is 23.1 Å². The Balaban J connectivity index is 1.67. The summed E-state index contributed by atoms with van der Waals surface area (Å²) in [5.74, 6) is 1.20. The number of rotatable bonds is 8. The fraction of sp³-hybridized carbons (Fsp3) is 0.619. The standard InChI is InChI=1S/C21H31N3O2/c1-16(2)13-23-11-10-22-21(26)19(23)12-20(25)24(15-18-8-9-18)14-17-6-4-3-5-7-17/h3-7,16,18-19H,8-15H2,1-2H3,(H,22,26). The predicted octanol–water partition coefficient (Wildman–Crippen LogP) is 2.27. The minimum Gasteiger partial charge on any atom is -0.353 e. The Labute approximate surface area is 156 Å². The van der Waals surface area contributed by atoms with Gasteiger partial charge in [-0.3, -0.25) is 14.5 Å². The molecule has 5 heteroatoms. The van der Waals surface area contributed by atoms with Gasteiger partial charge in [0.25, 0.3) is 0 Å². The lowest BCUT2D eigenvalue weighted by Crippen LogP contribution is -2.57. The zero-order valence-electron chi connectivity index (χ0n) is 16.0. The van der Waals surface area contributed by atoms with E-state index in [4.69, 9.17) is 0 Å². The summed E-state index contributed by atoms with van der Waals surface area (Å²) in [7, 11) is 0. The zero-order chi connectivity index (χ0) is 18.5. The summed E-state index contributed by atoms with van der Waals surface area (Å²) >= 11 is 0. The first-order valence-corrected chi connectivity index (χ1v) is 9.86. The maximum atomic E-state index is 13.1. The van der Waals surface area contributed by atoms with E-state index in [0.29, 0.717) is 24.9 Å². The van der Waals surface area contributed by atoms with Gasteiger partial charge in [-0.25, -0.2) is 0 Å². The summed E-state index contributed by atoms with van der Waals surface area (Å²) in [6.07, 6.45) is 2.70. The molecule has 142 valence electrons. The molecular weight excluding hydrogens is 326 g/mol. The Bertz CT molecular complexity index is 613. The average Bonchev–Trinajstić information content (AvgIpc) is 3.42. The molecule has 3 rings (SSSR count). The van der Waals surface area contributed by atoms with Crippen LogP contribution in [0.25, 0.3) is 0 Å². The Kier molecular flexibility index (Phi) is 6.30. The second-order valence-electron chi connectivity index (χ2n) is 8.10. The number of hydrogen-bond acceptors (Lipinski definition) is 3. The molecule has 2 fully saturated rings. The van der Waals surface area contributed by atoms with Crippen molar-refractivity contribution in [2.24, 2.45) is 11.8 Å². The summed E-state index contributed by atoms with van der Waals surface area (Å²) in [6, 6.07) is 9.79. The van der Waals surface area contributed by atoms with Crippen molar-refractivity contribution in [3.63, 3.8) is 0 Å². The van der Waals surface area contributed by atoms with E-state index in [0.717, 1.165) is 25.2 Å². The fourth-order valence-electron chi connectivity index (χ4n) is 3.64. The molecular formula is C21H31N3O2. The van der Waals surface area contributed by atoms with E-state index >= 15 is 0 Å². The summed E-state index contributed by atoms with van der Waals surface area (Å²) < 4.78 is 0. The molecule has 1 saturated heterocycles.